The number of allylic oxidation sites excluding steroid dienone is 3. The summed E-state index contributed by atoms with van der Waals surface area (Å²) in [5, 5.41) is 0.592. The maximum Gasteiger partial charge on any atom is 0.0486 e. The van der Waals surface area contributed by atoms with E-state index in [-0.39, 0.29) is 4.75 Å². The average Bonchev–Trinajstić information content (AvgIpc) is 3.20. The van der Waals surface area contributed by atoms with Gasteiger partial charge >= 0.3 is 0 Å². The summed E-state index contributed by atoms with van der Waals surface area (Å²) in [4.78, 5) is 0. The zero-order valence-corrected chi connectivity index (χ0v) is 14.2. The summed E-state index contributed by atoms with van der Waals surface area (Å²) in [6, 6.07) is 21.4. The molecule has 0 radical (unpaired) electrons. The van der Waals surface area contributed by atoms with E-state index in [1.165, 1.54) is 22.3 Å². The largest absolute Gasteiger partial charge is 0.140 e. The summed E-state index contributed by atoms with van der Waals surface area (Å²) in [5.41, 5.74) is 5.39. The molecule has 0 aromatic heterocycles. The molecule has 2 aromatic rings. The van der Waals surface area contributed by atoms with Gasteiger partial charge in [-0.05, 0) is 37.5 Å². The predicted molar refractivity (Wildman–Crippen MR) is 99.0 cm³/mol. The third-order valence-corrected chi connectivity index (χ3v) is 5.73. The summed E-state index contributed by atoms with van der Waals surface area (Å²) in [5.74, 6) is 0. The van der Waals surface area contributed by atoms with E-state index in [2.05, 4.69) is 93.6 Å². The first-order valence-electron chi connectivity index (χ1n) is 7.74. The Morgan fingerprint density at radius 1 is 0.955 bits per heavy atom. The van der Waals surface area contributed by atoms with Crippen LogP contribution in [0.1, 0.15) is 37.1 Å². The van der Waals surface area contributed by atoms with E-state index in [4.69, 9.17) is 0 Å². The number of hydrogen-bond donors (Lipinski definition) is 0. The molecule has 1 aliphatic rings. The Balaban J connectivity index is 1.76. The van der Waals surface area contributed by atoms with Crippen molar-refractivity contribution >= 4 is 17.3 Å². The van der Waals surface area contributed by atoms with E-state index in [0.717, 1.165) is 0 Å². The number of rotatable bonds is 4. The molecule has 2 atom stereocenters. The van der Waals surface area contributed by atoms with Crippen LogP contribution in [0, 0.1) is 0 Å². The molecule has 0 amide bonds. The lowest BCUT2D eigenvalue weighted by Crippen LogP contribution is -2.01. The fraction of sp³-hybridized carbons (Fsp3) is 0.238. The van der Waals surface area contributed by atoms with Crippen LogP contribution in [0.5, 0.6) is 0 Å². The third kappa shape index (κ3) is 3.36. The standard InChI is InChI=1S/C21H22S/c1-16(14-17(2)18-10-6-4-7-11-18)15-21(3)20(22-21)19-12-8-5-9-13-19/h4-15,20H,1-3H3. The third-order valence-electron chi connectivity index (χ3n) is 4.13. The van der Waals surface area contributed by atoms with Crippen LogP contribution in [0.25, 0.3) is 5.57 Å². The van der Waals surface area contributed by atoms with E-state index in [1.54, 1.807) is 0 Å². The van der Waals surface area contributed by atoms with Gasteiger partial charge in [-0.2, -0.15) is 0 Å². The monoisotopic (exact) mass is 306 g/mol. The van der Waals surface area contributed by atoms with Gasteiger partial charge in [0.1, 0.15) is 0 Å². The molecule has 0 nitrogen and oxygen atoms in total. The summed E-state index contributed by atoms with van der Waals surface area (Å²) in [6.07, 6.45) is 4.71. The minimum Gasteiger partial charge on any atom is -0.140 e. The van der Waals surface area contributed by atoms with Crippen molar-refractivity contribution in [3.05, 3.63) is 89.5 Å². The van der Waals surface area contributed by atoms with Crippen molar-refractivity contribution in [3.63, 3.8) is 0 Å². The summed E-state index contributed by atoms with van der Waals surface area (Å²) in [7, 11) is 0. The maximum absolute atomic E-state index is 2.42. The van der Waals surface area contributed by atoms with Crippen LogP contribution in [-0.4, -0.2) is 4.75 Å². The SMILES string of the molecule is CC(=CC1(C)SC1c1ccccc1)C=C(C)c1ccccc1. The lowest BCUT2D eigenvalue weighted by Gasteiger charge is -2.06. The number of thioether (sulfide) groups is 1. The number of hydrogen-bond acceptors (Lipinski definition) is 1. The van der Waals surface area contributed by atoms with Crippen LogP contribution in [0.2, 0.25) is 0 Å². The molecular weight excluding hydrogens is 284 g/mol. The fourth-order valence-electron chi connectivity index (χ4n) is 2.98. The van der Waals surface area contributed by atoms with Crippen molar-refractivity contribution in [2.45, 2.75) is 30.8 Å². The lowest BCUT2D eigenvalue weighted by molar-refractivity contribution is 0.868. The van der Waals surface area contributed by atoms with Crippen LogP contribution < -0.4 is 0 Å². The summed E-state index contributed by atoms with van der Waals surface area (Å²) < 4.78 is 0.235. The lowest BCUT2D eigenvalue weighted by atomic mass is 9.97. The Morgan fingerprint density at radius 3 is 2.18 bits per heavy atom. The minimum absolute atomic E-state index is 0.235. The fourth-order valence-corrected chi connectivity index (χ4v) is 4.17. The molecule has 0 spiro atoms. The van der Waals surface area contributed by atoms with Crippen LogP contribution >= 0.6 is 11.8 Å². The van der Waals surface area contributed by atoms with E-state index in [9.17, 15) is 0 Å². The van der Waals surface area contributed by atoms with Gasteiger partial charge in [0.15, 0.2) is 0 Å². The van der Waals surface area contributed by atoms with Gasteiger partial charge in [-0.15, -0.1) is 11.8 Å². The quantitative estimate of drug-likeness (QED) is 0.473. The van der Waals surface area contributed by atoms with Crippen molar-refractivity contribution in [1.29, 1.82) is 0 Å². The summed E-state index contributed by atoms with van der Waals surface area (Å²) in [6.45, 7) is 6.73. The molecule has 2 aromatic carbocycles. The average molecular weight is 306 g/mol. The minimum atomic E-state index is 0.235. The molecule has 112 valence electrons. The molecule has 2 unspecified atom stereocenters. The highest BCUT2D eigenvalue weighted by Gasteiger charge is 2.50. The Morgan fingerprint density at radius 2 is 1.55 bits per heavy atom. The van der Waals surface area contributed by atoms with Gasteiger partial charge in [0, 0.05) is 10.00 Å². The normalized spacial score (nSPS) is 25.1. The van der Waals surface area contributed by atoms with Crippen LogP contribution in [0.3, 0.4) is 0 Å². The second-order valence-electron chi connectivity index (χ2n) is 6.17. The Labute approximate surface area is 138 Å². The van der Waals surface area contributed by atoms with Gasteiger partial charge in [-0.25, -0.2) is 0 Å². The van der Waals surface area contributed by atoms with Crippen molar-refractivity contribution in [2.24, 2.45) is 0 Å². The van der Waals surface area contributed by atoms with Crippen LogP contribution in [0.15, 0.2) is 78.4 Å². The Hall–Kier alpha value is -1.73. The molecule has 1 heteroatoms. The van der Waals surface area contributed by atoms with Gasteiger partial charge in [0.05, 0.1) is 0 Å². The van der Waals surface area contributed by atoms with Crippen LogP contribution in [-0.2, 0) is 0 Å². The highest BCUT2D eigenvalue weighted by Crippen LogP contribution is 2.65. The Kier molecular flexibility index (Phi) is 4.26. The molecule has 0 saturated carbocycles. The van der Waals surface area contributed by atoms with Crippen molar-refractivity contribution < 1.29 is 0 Å². The second kappa shape index (κ2) is 6.18. The van der Waals surface area contributed by atoms with E-state index in [1.807, 2.05) is 11.8 Å². The Bertz CT molecular complexity index is 697. The van der Waals surface area contributed by atoms with Crippen molar-refractivity contribution in [1.82, 2.24) is 0 Å². The van der Waals surface area contributed by atoms with Gasteiger partial charge < -0.3 is 0 Å². The first kappa shape index (κ1) is 15.2. The molecule has 3 rings (SSSR count). The van der Waals surface area contributed by atoms with Gasteiger partial charge in [0.25, 0.3) is 0 Å². The molecule has 1 saturated heterocycles. The molecule has 0 bridgehead atoms. The molecule has 0 aliphatic carbocycles. The number of benzene rings is 2. The molecule has 1 fully saturated rings. The zero-order valence-electron chi connectivity index (χ0n) is 13.4. The highest BCUT2D eigenvalue weighted by molar-refractivity contribution is 8.08. The van der Waals surface area contributed by atoms with E-state index >= 15 is 0 Å². The van der Waals surface area contributed by atoms with Gasteiger partial charge in [-0.1, -0.05) is 78.4 Å². The first-order valence-corrected chi connectivity index (χ1v) is 8.62. The topological polar surface area (TPSA) is 0 Å². The zero-order chi connectivity index (χ0) is 15.6. The maximum atomic E-state index is 2.42. The molecule has 1 heterocycles. The molecular formula is C21H22S. The van der Waals surface area contributed by atoms with Gasteiger partial charge in [0.2, 0.25) is 0 Å². The summed E-state index contributed by atoms with van der Waals surface area (Å²) >= 11 is 2.04. The van der Waals surface area contributed by atoms with Crippen LogP contribution in [0.4, 0.5) is 0 Å². The first-order chi connectivity index (χ1) is 10.6. The smallest absolute Gasteiger partial charge is 0.0486 e. The molecule has 0 N–H and O–H groups in total. The molecule has 1 aliphatic heterocycles. The van der Waals surface area contributed by atoms with E-state index < -0.39 is 0 Å². The van der Waals surface area contributed by atoms with E-state index in [0.29, 0.717) is 5.25 Å². The van der Waals surface area contributed by atoms with Crippen molar-refractivity contribution in [3.8, 4) is 0 Å². The highest BCUT2D eigenvalue weighted by atomic mass is 32.2. The predicted octanol–water partition coefficient (Wildman–Crippen LogP) is 6.28. The molecule has 22 heavy (non-hydrogen) atoms. The van der Waals surface area contributed by atoms with Gasteiger partial charge in [-0.3, -0.25) is 0 Å². The second-order valence-corrected chi connectivity index (χ2v) is 7.76. The van der Waals surface area contributed by atoms with Crippen molar-refractivity contribution in [2.75, 3.05) is 0 Å².